The summed E-state index contributed by atoms with van der Waals surface area (Å²) in [7, 11) is 0. The average Bonchev–Trinajstić information content (AvgIpc) is 3.59. The van der Waals surface area contributed by atoms with Gasteiger partial charge in [-0.1, -0.05) is 6.42 Å². The molecule has 3 aromatic rings. The molecule has 4 N–H and O–H groups in total. The van der Waals surface area contributed by atoms with Gasteiger partial charge in [0.1, 0.15) is 18.3 Å². The number of aliphatic hydroxyl groups excluding tert-OH is 3. The van der Waals surface area contributed by atoms with Crippen LogP contribution in [0.1, 0.15) is 31.9 Å². The maximum absolute atomic E-state index is 10.5. The van der Waals surface area contributed by atoms with Gasteiger partial charge in [0, 0.05) is 18.4 Å². The van der Waals surface area contributed by atoms with Gasteiger partial charge in [0.05, 0.1) is 12.9 Å². The SMILES string of the molecule is OCC1OC(n2cnc3c(NC4CC5CCC4C5)nc(-n4cccn4)nc32)C(O)C1O. The normalized spacial score (nSPS) is 34.7. The Kier molecular flexibility index (Phi) is 4.46. The zero-order valence-electron chi connectivity index (χ0n) is 16.8. The summed E-state index contributed by atoms with van der Waals surface area (Å²) in [5, 5.41) is 38.0. The van der Waals surface area contributed by atoms with Gasteiger partial charge in [0.25, 0.3) is 5.95 Å². The molecule has 2 aliphatic carbocycles. The maximum atomic E-state index is 10.5. The Balaban J connectivity index is 1.43. The molecule has 0 radical (unpaired) electrons. The molecule has 0 amide bonds. The zero-order valence-corrected chi connectivity index (χ0v) is 16.8. The third-order valence-corrected chi connectivity index (χ3v) is 6.97. The zero-order chi connectivity index (χ0) is 21.1. The fourth-order valence-corrected chi connectivity index (χ4v) is 5.39. The number of nitrogens with zero attached hydrogens (tertiary/aromatic N) is 6. The van der Waals surface area contributed by atoms with Gasteiger partial charge in [-0.05, 0) is 37.2 Å². The summed E-state index contributed by atoms with van der Waals surface area (Å²) in [5.41, 5.74) is 1.03. The number of imidazole rings is 1. The molecule has 164 valence electrons. The number of nitrogens with one attached hydrogen (secondary N) is 1. The number of anilines is 1. The second-order valence-electron chi connectivity index (χ2n) is 8.80. The van der Waals surface area contributed by atoms with Gasteiger partial charge in [-0.25, -0.2) is 9.67 Å². The molecule has 11 nitrogen and oxygen atoms in total. The number of fused-ring (bicyclic) bond motifs is 3. The van der Waals surface area contributed by atoms with Gasteiger partial charge < -0.3 is 25.4 Å². The molecular weight excluding hydrogens is 402 g/mol. The second-order valence-corrected chi connectivity index (χ2v) is 8.80. The van der Waals surface area contributed by atoms with E-state index in [9.17, 15) is 15.3 Å². The smallest absolute Gasteiger partial charge is 0.254 e. The first-order valence-electron chi connectivity index (χ1n) is 10.8. The van der Waals surface area contributed by atoms with Crippen LogP contribution in [-0.4, -0.2) is 75.6 Å². The molecule has 31 heavy (non-hydrogen) atoms. The van der Waals surface area contributed by atoms with Crippen LogP contribution in [0.5, 0.6) is 0 Å². The molecule has 3 aliphatic rings. The molecule has 2 saturated carbocycles. The van der Waals surface area contributed by atoms with Gasteiger partial charge in [-0.2, -0.15) is 15.1 Å². The standard InChI is InChI=1S/C20H25N7O4/c28-8-13-15(29)16(30)19(31-13)26-9-21-14-17(23-12-7-10-2-3-11(12)6-10)24-20(25-18(14)26)27-5-1-4-22-27/h1,4-5,9-13,15-16,19,28-30H,2-3,6-8H2,(H,23,24,25). The molecule has 1 aliphatic heterocycles. The van der Waals surface area contributed by atoms with E-state index in [-0.39, 0.29) is 0 Å². The van der Waals surface area contributed by atoms with Crippen LogP contribution in [0.3, 0.4) is 0 Å². The van der Waals surface area contributed by atoms with Crippen LogP contribution in [-0.2, 0) is 4.74 Å². The summed E-state index contributed by atoms with van der Waals surface area (Å²) in [6.07, 6.45) is 5.64. The molecular formula is C20H25N7O4. The van der Waals surface area contributed by atoms with Crippen molar-refractivity contribution < 1.29 is 20.1 Å². The van der Waals surface area contributed by atoms with Crippen molar-refractivity contribution in [2.45, 2.75) is 56.3 Å². The second kappa shape index (κ2) is 7.23. The molecule has 2 bridgehead atoms. The summed E-state index contributed by atoms with van der Waals surface area (Å²) in [6.45, 7) is -0.397. The number of ether oxygens (including phenoxy) is 1. The monoisotopic (exact) mass is 427 g/mol. The largest absolute Gasteiger partial charge is 0.394 e. The van der Waals surface area contributed by atoms with E-state index in [1.807, 2.05) is 0 Å². The van der Waals surface area contributed by atoms with Crippen molar-refractivity contribution in [3.8, 4) is 5.95 Å². The van der Waals surface area contributed by atoms with Gasteiger partial charge >= 0.3 is 0 Å². The van der Waals surface area contributed by atoms with Crippen LogP contribution < -0.4 is 5.32 Å². The highest BCUT2D eigenvalue weighted by atomic mass is 16.6. The van der Waals surface area contributed by atoms with E-state index in [2.05, 4.69) is 20.4 Å². The summed E-state index contributed by atoms with van der Waals surface area (Å²) >= 11 is 0. The van der Waals surface area contributed by atoms with E-state index in [1.54, 1.807) is 27.7 Å². The highest BCUT2D eigenvalue weighted by Gasteiger charge is 2.44. The Morgan fingerprint density at radius 2 is 2.06 bits per heavy atom. The van der Waals surface area contributed by atoms with Crippen molar-refractivity contribution in [3.63, 3.8) is 0 Å². The summed E-state index contributed by atoms with van der Waals surface area (Å²) < 4.78 is 8.85. The predicted octanol–water partition coefficient (Wildman–Crippen LogP) is 0.224. The Hall–Kier alpha value is -2.60. The summed E-state index contributed by atoms with van der Waals surface area (Å²) in [4.78, 5) is 13.8. The Labute approximate surface area is 177 Å². The Morgan fingerprint density at radius 3 is 2.74 bits per heavy atom. The molecule has 7 atom stereocenters. The van der Waals surface area contributed by atoms with E-state index in [1.165, 1.54) is 25.6 Å². The number of hydrogen-bond donors (Lipinski definition) is 4. The topological polar surface area (TPSA) is 143 Å². The van der Waals surface area contributed by atoms with Gasteiger partial charge in [-0.15, -0.1) is 0 Å². The minimum Gasteiger partial charge on any atom is -0.394 e. The minimum absolute atomic E-state index is 0.349. The van der Waals surface area contributed by atoms with Crippen LogP contribution >= 0.6 is 0 Å². The molecule has 0 aromatic carbocycles. The van der Waals surface area contributed by atoms with Crippen LogP contribution in [0, 0.1) is 11.8 Å². The Bertz CT molecular complexity index is 1090. The first-order valence-corrected chi connectivity index (χ1v) is 10.8. The average molecular weight is 427 g/mol. The minimum atomic E-state index is -1.22. The fourth-order valence-electron chi connectivity index (χ4n) is 5.39. The molecule has 11 heteroatoms. The van der Waals surface area contributed by atoms with Crippen LogP contribution in [0.25, 0.3) is 17.1 Å². The van der Waals surface area contributed by atoms with Crippen LogP contribution in [0.4, 0.5) is 5.82 Å². The van der Waals surface area contributed by atoms with Crippen molar-refractivity contribution in [3.05, 3.63) is 24.8 Å². The molecule has 3 aromatic heterocycles. The number of aromatic nitrogens is 6. The van der Waals surface area contributed by atoms with Crippen LogP contribution in [0.2, 0.25) is 0 Å². The van der Waals surface area contributed by atoms with Crippen molar-refractivity contribution >= 4 is 17.0 Å². The lowest BCUT2D eigenvalue weighted by molar-refractivity contribution is -0.0511. The number of hydrogen-bond acceptors (Lipinski definition) is 9. The van der Waals surface area contributed by atoms with E-state index < -0.39 is 31.1 Å². The molecule has 1 saturated heterocycles. The lowest BCUT2D eigenvalue weighted by Gasteiger charge is -2.23. The van der Waals surface area contributed by atoms with Crippen molar-refractivity contribution in [2.24, 2.45) is 11.8 Å². The van der Waals surface area contributed by atoms with Gasteiger partial charge in [0.2, 0.25) is 0 Å². The molecule has 0 spiro atoms. The van der Waals surface area contributed by atoms with Crippen molar-refractivity contribution in [2.75, 3.05) is 11.9 Å². The van der Waals surface area contributed by atoms with E-state index >= 15 is 0 Å². The lowest BCUT2D eigenvalue weighted by atomic mass is 9.95. The third-order valence-electron chi connectivity index (χ3n) is 6.97. The highest BCUT2D eigenvalue weighted by molar-refractivity contribution is 5.84. The fraction of sp³-hybridized carbons (Fsp3) is 0.600. The Morgan fingerprint density at radius 1 is 1.16 bits per heavy atom. The van der Waals surface area contributed by atoms with E-state index in [0.717, 1.165) is 12.3 Å². The van der Waals surface area contributed by atoms with Gasteiger partial charge in [-0.3, -0.25) is 4.57 Å². The molecule has 6 rings (SSSR count). The molecule has 4 heterocycles. The van der Waals surface area contributed by atoms with E-state index in [4.69, 9.17) is 9.72 Å². The first kappa shape index (κ1) is 19.1. The maximum Gasteiger partial charge on any atom is 0.254 e. The lowest BCUT2D eigenvalue weighted by Crippen LogP contribution is -2.33. The highest BCUT2D eigenvalue weighted by Crippen LogP contribution is 2.45. The predicted molar refractivity (Wildman–Crippen MR) is 108 cm³/mol. The van der Waals surface area contributed by atoms with Crippen molar-refractivity contribution in [1.29, 1.82) is 0 Å². The number of rotatable bonds is 5. The summed E-state index contributed by atoms with van der Waals surface area (Å²) in [6, 6.07) is 2.14. The quantitative estimate of drug-likeness (QED) is 0.450. The van der Waals surface area contributed by atoms with Crippen LogP contribution in [0.15, 0.2) is 24.8 Å². The summed E-state index contributed by atoms with van der Waals surface area (Å²) in [5.74, 6) is 2.42. The third kappa shape index (κ3) is 3.03. The number of aliphatic hydroxyl groups is 3. The van der Waals surface area contributed by atoms with Gasteiger partial charge in [0.15, 0.2) is 23.2 Å². The van der Waals surface area contributed by atoms with E-state index in [0.29, 0.717) is 34.9 Å². The van der Waals surface area contributed by atoms with Crippen molar-refractivity contribution in [1.82, 2.24) is 29.3 Å². The molecule has 3 fully saturated rings. The first-order chi connectivity index (χ1) is 15.1. The molecule has 7 unspecified atom stereocenters.